The number of fused-ring (bicyclic) bond motifs is 1. The van der Waals surface area contributed by atoms with Gasteiger partial charge >= 0.3 is 0 Å². The fourth-order valence-electron chi connectivity index (χ4n) is 8.01. The number of aliphatic hydroxyl groups excluding tert-OH is 2. The molecule has 7 heteroatoms. The number of hydrogen-bond acceptors (Lipinski definition) is 6. The number of benzene rings is 2. The molecule has 2 aliphatic heterocycles. The Balaban J connectivity index is 1.28. The molecule has 2 saturated heterocycles. The number of allylic oxidation sites excluding steroid dienone is 2. The zero-order valence-corrected chi connectivity index (χ0v) is 27.3. The van der Waals surface area contributed by atoms with Gasteiger partial charge in [-0.15, -0.1) is 0 Å². The summed E-state index contributed by atoms with van der Waals surface area (Å²) in [7, 11) is 0. The number of piperidine rings is 1. The predicted octanol–water partition coefficient (Wildman–Crippen LogP) is 5.93. The van der Waals surface area contributed by atoms with Crippen molar-refractivity contribution in [3.05, 3.63) is 81.4 Å². The van der Waals surface area contributed by atoms with Crippen LogP contribution in [0.25, 0.3) is 6.08 Å². The molecule has 0 bridgehead atoms. The molecule has 0 saturated carbocycles. The molecule has 5 rings (SSSR count). The Kier molecular flexibility index (Phi) is 10.6. The second kappa shape index (κ2) is 14.4. The lowest BCUT2D eigenvalue weighted by Crippen LogP contribution is -2.47. The van der Waals surface area contributed by atoms with E-state index in [0.717, 1.165) is 78.7 Å². The smallest absolute Gasteiger partial charge is 0.234 e. The molecule has 2 aromatic rings. The maximum absolute atomic E-state index is 14.0. The molecular weight excluding hydrogens is 564 g/mol. The highest BCUT2D eigenvalue weighted by Gasteiger charge is 2.56. The van der Waals surface area contributed by atoms with E-state index in [1.54, 1.807) is 4.90 Å². The first-order chi connectivity index (χ1) is 21.6. The van der Waals surface area contributed by atoms with E-state index in [1.807, 2.05) is 51.1 Å². The highest BCUT2D eigenvalue weighted by Crippen LogP contribution is 2.48. The number of phenolic OH excluding ortho intramolecular Hbond substituents is 1. The normalized spacial score (nSPS) is 24.0. The first-order valence-electron chi connectivity index (χ1n) is 16.7. The third kappa shape index (κ3) is 7.11. The van der Waals surface area contributed by atoms with Gasteiger partial charge in [-0.25, -0.2) is 0 Å². The summed E-state index contributed by atoms with van der Waals surface area (Å²) in [5.41, 5.74) is 6.85. The molecule has 0 aromatic heterocycles. The van der Waals surface area contributed by atoms with Gasteiger partial charge in [-0.05, 0) is 99.3 Å². The van der Waals surface area contributed by atoms with Crippen molar-refractivity contribution in [1.29, 1.82) is 0 Å². The lowest BCUT2D eigenvalue weighted by Gasteiger charge is -2.37. The fourth-order valence-corrected chi connectivity index (χ4v) is 8.01. The Morgan fingerprint density at radius 2 is 1.71 bits per heavy atom. The first kappa shape index (κ1) is 33.1. The van der Waals surface area contributed by atoms with E-state index in [2.05, 4.69) is 30.0 Å². The standard InChI is InChI=1S/C38H50N2O5/c1-5-9-29-21-31-35(38(45)40(37(31)44)30-14-16-39(17-15-30)22-27-10-7-6-8-11-27)32(23-41)34(29)33(42)13-12-24(2)18-28-19-25(3)36(43)26(4)20-28/h6-8,10-11,18-20,30-33,35,41-43H,5,9,12-17,21-23H2,1-4H3/b24-18+/t31-,32+,33-,35-/m1/s1. The van der Waals surface area contributed by atoms with Crippen LogP contribution in [-0.4, -0.2) is 68.8 Å². The highest BCUT2D eigenvalue weighted by atomic mass is 16.3. The number of phenols is 1. The maximum atomic E-state index is 14.0. The minimum absolute atomic E-state index is 0.0923. The van der Waals surface area contributed by atoms with Crippen molar-refractivity contribution in [2.75, 3.05) is 19.7 Å². The molecule has 45 heavy (non-hydrogen) atoms. The van der Waals surface area contributed by atoms with Crippen LogP contribution in [0.3, 0.4) is 0 Å². The van der Waals surface area contributed by atoms with Crippen molar-refractivity contribution in [3.8, 4) is 5.75 Å². The Hall–Kier alpha value is -3.26. The number of likely N-dealkylation sites (tertiary alicyclic amines) is 2. The fraction of sp³-hybridized carbons (Fsp3) is 0.526. The quantitative estimate of drug-likeness (QED) is 0.214. The van der Waals surface area contributed by atoms with Gasteiger partial charge in [0.15, 0.2) is 0 Å². The van der Waals surface area contributed by atoms with Crippen molar-refractivity contribution in [1.82, 2.24) is 9.80 Å². The van der Waals surface area contributed by atoms with Gasteiger partial charge in [0.05, 0.1) is 24.5 Å². The Labute approximate surface area is 268 Å². The van der Waals surface area contributed by atoms with E-state index in [4.69, 9.17) is 0 Å². The van der Waals surface area contributed by atoms with Crippen LogP contribution in [0.1, 0.15) is 81.0 Å². The monoisotopic (exact) mass is 614 g/mol. The number of aliphatic hydroxyl groups is 2. The predicted molar refractivity (Wildman–Crippen MR) is 177 cm³/mol. The largest absolute Gasteiger partial charge is 0.507 e. The maximum Gasteiger partial charge on any atom is 0.234 e. The van der Waals surface area contributed by atoms with Crippen LogP contribution in [0.2, 0.25) is 0 Å². The Morgan fingerprint density at radius 3 is 2.33 bits per heavy atom. The van der Waals surface area contributed by atoms with Gasteiger partial charge in [0.2, 0.25) is 11.8 Å². The Bertz CT molecular complexity index is 1420. The van der Waals surface area contributed by atoms with Gasteiger partial charge in [0, 0.05) is 31.6 Å². The minimum atomic E-state index is -0.797. The number of carbonyl (C=O) groups is 2. The van der Waals surface area contributed by atoms with Crippen LogP contribution in [0, 0.1) is 31.6 Å². The number of imide groups is 1. The average Bonchev–Trinajstić information content (AvgIpc) is 3.27. The summed E-state index contributed by atoms with van der Waals surface area (Å²) in [4.78, 5) is 31.8. The third-order valence-electron chi connectivity index (χ3n) is 10.2. The van der Waals surface area contributed by atoms with Crippen LogP contribution < -0.4 is 0 Å². The highest BCUT2D eigenvalue weighted by molar-refractivity contribution is 6.06. The number of rotatable bonds is 11. The van der Waals surface area contributed by atoms with Gasteiger partial charge < -0.3 is 15.3 Å². The number of nitrogens with zero attached hydrogens (tertiary/aromatic N) is 2. The lowest BCUT2D eigenvalue weighted by molar-refractivity contribution is -0.144. The summed E-state index contributed by atoms with van der Waals surface area (Å²) in [5.74, 6) is -1.57. The number of aryl methyl sites for hydroxylation is 2. The summed E-state index contributed by atoms with van der Waals surface area (Å²) in [5, 5.41) is 32.4. The molecule has 3 N–H and O–H groups in total. The van der Waals surface area contributed by atoms with E-state index >= 15 is 0 Å². The molecule has 2 heterocycles. The van der Waals surface area contributed by atoms with Crippen molar-refractivity contribution >= 4 is 17.9 Å². The lowest BCUT2D eigenvalue weighted by atomic mass is 9.67. The molecule has 0 unspecified atom stereocenters. The molecule has 7 nitrogen and oxygen atoms in total. The molecule has 0 radical (unpaired) electrons. The van der Waals surface area contributed by atoms with Crippen molar-refractivity contribution in [2.45, 2.75) is 91.3 Å². The summed E-state index contributed by atoms with van der Waals surface area (Å²) >= 11 is 0. The molecule has 2 aromatic carbocycles. The zero-order valence-electron chi connectivity index (χ0n) is 27.3. The number of hydrogen-bond donors (Lipinski definition) is 3. The van der Waals surface area contributed by atoms with Crippen molar-refractivity contribution in [3.63, 3.8) is 0 Å². The second-order valence-corrected chi connectivity index (χ2v) is 13.5. The van der Waals surface area contributed by atoms with Crippen molar-refractivity contribution in [2.24, 2.45) is 17.8 Å². The molecule has 1 aliphatic carbocycles. The number of aromatic hydroxyl groups is 1. The Morgan fingerprint density at radius 1 is 1.04 bits per heavy atom. The van der Waals surface area contributed by atoms with Gasteiger partial charge in [-0.2, -0.15) is 0 Å². The molecule has 0 spiro atoms. The molecule has 4 atom stereocenters. The molecule has 2 fully saturated rings. The second-order valence-electron chi connectivity index (χ2n) is 13.5. The summed E-state index contributed by atoms with van der Waals surface area (Å²) < 4.78 is 0. The SMILES string of the molecule is CCCC1=C([C@H](O)CC/C(C)=C/c2cc(C)c(O)c(C)c2)[C@H](CO)[C@@H]2C(=O)N(C3CCN(Cc4ccccc4)CC3)C(=O)[C@@H]2C1. The van der Waals surface area contributed by atoms with Crippen LogP contribution in [0.15, 0.2) is 59.2 Å². The average molecular weight is 615 g/mol. The molecular formula is C38H50N2O5. The van der Waals surface area contributed by atoms with Crippen molar-refractivity contribution < 1.29 is 24.9 Å². The molecule has 242 valence electrons. The van der Waals surface area contributed by atoms with E-state index < -0.39 is 23.9 Å². The molecule has 3 aliphatic rings. The van der Waals surface area contributed by atoms with Gasteiger partial charge in [-0.1, -0.05) is 60.9 Å². The van der Waals surface area contributed by atoms with Gasteiger partial charge in [0.1, 0.15) is 5.75 Å². The summed E-state index contributed by atoms with van der Waals surface area (Å²) in [6, 6.07) is 14.2. The summed E-state index contributed by atoms with van der Waals surface area (Å²) in [6.45, 7) is 10.2. The topological polar surface area (TPSA) is 101 Å². The van der Waals surface area contributed by atoms with Crippen LogP contribution in [0.5, 0.6) is 5.75 Å². The first-order valence-corrected chi connectivity index (χ1v) is 16.7. The van der Waals surface area contributed by atoms with Gasteiger partial charge in [0.25, 0.3) is 0 Å². The molecule has 2 amide bonds. The number of carbonyl (C=O) groups excluding carboxylic acids is 2. The van der Waals surface area contributed by atoms with E-state index in [0.29, 0.717) is 25.0 Å². The van der Waals surface area contributed by atoms with Crippen LogP contribution in [0.4, 0.5) is 0 Å². The number of amides is 2. The third-order valence-corrected chi connectivity index (χ3v) is 10.2. The van der Waals surface area contributed by atoms with E-state index in [-0.39, 0.29) is 24.5 Å². The summed E-state index contributed by atoms with van der Waals surface area (Å²) in [6.07, 6.45) is 6.00. The zero-order chi connectivity index (χ0) is 32.2. The van der Waals surface area contributed by atoms with Crippen LogP contribution in [-0.2, 0) is 16.1 Å². The minimum Gasteiger partial charge on any atom is -0.507 e. The van der Waals surface area contributed by atoms with E-state index in [1.165, 1.54) is 5.56 Å². The van der Waals surface area contributed by atoms with E-state index in [9.17, 15) is 24.9 Å². The van der Waals surface area contributed by atoms with Gasteiger partial charge in [-0.3, -0.25) is 19.4 Å². The van der Waals surface area contributed by atoms with Crippen LogP contribution >= 0.6 is 0 Å².